The minimum absolute atomic E-state index is 0.0000108. The lowest BCUT2D eigenvalue weighted by atomic mass is 10.0. The van der Waals surface area contributed by atoms with Crippen LogP contribution in [0.5, 0.6) is 17.5 Å². The van der Waals surface area contributed by atoms with Crippen molar-refractivity contribution in [1.82, 2.24) is 19.9 Å². The van der Waals surface area contributed by atoms with Crippen LogP contribution >= 0.6 is 0 Å². The van der Waals surface area contributed by atoms with E-state index in [1.54, 1.807) is 24.4 Å². The molecule has 5 rings (SSSR count). The molecule has 2 saturated heterocycles. The fourth-order valence-corrected chi connectivity index (χ4v) is 4.93. The first-order valence-corrected chi connectivity index (χ1v) is 12.1. The number of pyridine rings is 1. The summed E-state index contributed by atoms with van der Waals surface area (Å²) < 4.78 is 17.8. The van der Waals surface area contributed by atoms with Gasteiger partial charge in [-0.2, -0.15) is 0 Å². The molecular formula is C26H27N5O6. The molecule has 2 unspecified atom stereocenters. The number of nitrogens with zero attached hydrogens (tertiary/aromatic N) is 5. The van der Waals surface area contributed by atoms with Gasteiger partial charge in [0.2, 0.25) is 11.8 Å². The lowest BCUT2D eigenvalue weighted by Gasteiger charge is -2.38. The molecule has 2 aliphatic heterocycles. The third-order valence-corrected chi connectivity index (χ3v) is 6.85. The van der Waals surface area contributed by atoms with Crippen molar-refractivity contribution in [3.05, 3.63) is 75.9 Å². The number of ether oxygens (including phenoxy) is 3. The topological polar surface area (TPSA) is 130 Å². The van der Waals surface area contributed by atoms with E-state index in [-0.39, 0.29) is 36.6 Å². The summed E-state index contributed by atoms with van der Waals surface area (Å²) in [5.41, 5.74) is 2.15. The Morgan fingerprint density at radius 2 is 1.76 bits per heavy atom. The first-order chi connectivity index (χ1) is 17.9. The molecule has 3 aromatic rings. The van der Waals surface area contributed by atoms with E-state index in [1.807, 2.05) is 24.8 Å². The van der Waals surface area contributed by atoms with Crippen LogP contribution in [0.4, 0.5) is 10.5 Å². The Bertz CT molecular complexity index is 1290. The van der Waals surface area contributed by atoms with Gasteiger partial charge in [-0.05, 0) is 56.5 Å². The quantitative estimate of drug-likeness (QED) is 0.325. The highest BCUT2D eigenvalue weighted by molar-refractivity contribution is 5.69. The molecule has 4 heterocycles. The maximum atomic E-state index is 12.9. The van der Waals surface area contributed by atoms with Crippen molar-refractivity contribution in [2.45, 2.75) is 64.3 Å². The number of amides is 1. The molecule has 0 N–H and O–H groups in total. The second kappa shape index (κ2) is 10.4. The van der Waals surface area contributed by atoms with Crippen molar-refractivity contribution < 1.29 is 23.9 Å². The first kappa shape index (κ1) is 24.4. The highest BCUT2D eigenvalue weighted by Crippen LogP contribution is 2.38. The number of piperidine rings is 1. The van der Waals surface area contributed by atoms with E-state index in [9.17, 15) is 14.9 Å². The number of aryl methyl sites for hydroxylation is 1. The maximum absolute atomic E-state index is 12.9. The Morgan fingerprint density at radius 3 is 2.43 bits per heavy atom. The summed E-state index contributed by atoms with van der Waals surface area (Å²) in [5.74, 6) is 1.50. The van der Waals surface area contributed by atoms with Crippen LogP contribution < -0.4 is 9.47 Å². The van der Waals surface area contributed by atoms with Gasteiger partial charge in [0.15, 0.2) is 5.75 Å². The molecule has 37 heavy (non-hydrogen) atoms. The molecule has 1 aromatic carbocycles. The molecule has 0 radical (unpaired) electrons. The molecule has 2 atom stereocenters. The highest BCUT2D eigenvalue weighted by Gasteiger charge is 2.45. The van der Waals surface area contributed by atoms with Gasteiger partial charge in [0.25, 0.3) is 5.69 Å². The average molecular weight is 506 g/mol. The van der Waals surface area contributed by atoms with Crippen LogP contribution in [-0.4, -0.2) is 49.1 Å². The Morgan fingerprint density at radius 1 is 1.05 bits per heavy atom. The zero-order valence-electron chi connectivity index (χ0n) is 20.6. The lowest BCUT2D eigenvalue weighted by molar-refractivity contribution is -0.384. The molecule has 0 aliphatic carbocycles. The Labute approximate surface area is 213 Å². The van der Waals surface area contributed by atoms with Gasteiger partial charge < -0.3 is 19.1 Å². The van der Waals surface area contributed by atoms with Gasteiger partial charge in [0, 0.05) is 43.3 Å². The number of fused-ring (bicyclic) bond motifs is 2. The van der Waals surface area contributed by atoms with Crippen molar-refractivity contribution in [1.29, 1.82) is 0 Å². The van der Waals surface area contributed by atoms with Gasteiger partial charge in [-0.1, -0.05) is 0 Å². The molecule has 192 valence electrons. The summed E-state index contributed by atoms with van der Waals surface area (Å²) in [6, 6.07) is 9.66. The number of rotatable bonds is 7. The second-order valence-electron chi connectivity index (χ2n) is 9.28. The van der Waals surface area contributed by atoms with Crippen LogP contribution in [0, 0.1) is 24.0 Å². The SMILES string of the molecule is Cc1ncccc1Oc1ncnc(OC2CC3CCC(C2)N3C(=O)OCc2ccc([N+](=O)[O-])cc2)c1C. The molecular weight excluding hydrogens is 478 g/mol. The van der Waals surface area contributed by atoms with E-state index < -0.39 is 4.92 Å². The zero-order chi connectivity index (χ0) is 25.9. The lowest BCUT2D eigenvalue weighted by Crippen LogP contribution is -2.49. The molecule has 2 aromatic heterocycles. The van der Waals surface area contributed by atoms with Gasteiger partial charge in [-0.15, -0.1) is 0 Å². The van der Waals surface area contributed by atoms with Gasteiger partial charge in [0.1, 0.15) is 19.0 Å². The van der Waals surface area contributed by atoms with Crippen LogP contribution in [0.2, 0.25) is 0 Å². The number of hydrogen-bond acceptors (Lipinski definition) is 9. The van der Waals surface area contributed by atoms with E-state index in [2.05, 4.69) is 15.0 Å². The summed E-state index contributed by atoms with van der Waals surface area (Å²) >= 11 is 0. The molecule has 2 aliphatic rings. The molecule has 11 heteroatoms. The Hall–Kier alpha value is -4.28. The van der Waals surface area contributed by atoms with Crippen LogP contribution in [0.25, 0.3) is 0 Å². The van der Waals surface area contributed by atoms with E-state index >= 15 is 0 Å². The summed E-state index contributed by atoms with van der Waals surface area (Å²) in [6.45, 7) is 3.78. The smallest absolute Gasteiger partial charge is 0.410 e. The first-order valence-electron chi connectivity index (χ1n) is 12.1. The number of nitro groups is 1. The minimum atomic E-state index is -0.460. The number of carbonyl (C=O) groups is 1. The fourth-order valence-electron chi connectivity index (χ4n) is 4.93. The average Bonchev–Trinajstić information content (AvgIpc) is 3.16. The molecule has 1 amide bonds. The third kappa shape index (κ3) is 5.30. The van der Waals surface area contributed by atoms with Crippen molar-refractivity contribution >= 4 is 11.8 Å². The normalized spacial score (nSPS) is 20.4. The molecule has 11 nitrogen and oxygen atoms in total. The van der Waals surface area contributed by atoms with Gasteiger partial charge in [-0.25, -0.2) is 14.8 Å². The maximum Gasteiger partial charge on any atom is 0.410 e. The van der Waals surface area contributed by atoms with Crippen molar-refractivity contribution in [3.8, 4) is 17.5 Å². The van der Waals surface area contributed by atoms with Crippen molar-refractivity contribution in [2.24, 2.45) is 0 Å². The van der Waals surface area contributed by atoms with E-state index in [0.717, 1.165) is 18.5 Å². The summed E-state index contributed by atoms with van der Waals surface area (Å²) in [5, 5.41) is 10.8. The second-order valence-corrected chi connectivity index (χ2v) is 9.28. The number of non-ortho nitro benzene ring substituents is 1. The highest BCUT2D eigenvalue weighted by atomic mass is 16.6. The van der Waals surface area contributed by atoms with Crippen LogP contribution in [0.3, 0.4) is 0 Å². The standard InChI is InChI=1S/C26H27N5O6/c1-16-24(28-15-29-25(16)37-23-4-3-11-27-17(23)2)36-22-12-20-9-10-21(13-22)30(20)26(32)35-14-18-5-7-19(8-6-18)31(33)34/h3-8,11,15,20-22H,9-10,12-14H2,1-2H3. The summed E-state index contributed by atoms with van der Waals surface area (Å²) in [6.07, 6.45) is 5.76. The number of hydrogen-bond donors (Lipinski definition) is 0. The molecule has 0 saturated carbocycles. The van der Waals surface area contributed by atoms with Crippen LogP contribution in [0.1, 0.15) is 42.5 Å². The van der Waals surface area contributed by atoms with Crippen LogP contribution in [-0.2, 0) is 11.3 Å². The van der Waals surface area contributed by atoms with E-state index in [1.165, 1.54) is 18.5 Å². The molecule has 2 bridgehead atoms. The van der Waals surface area contributed by atoms with Crippen molar-refractivity contribution in [2.75, 3.05) is 0 Å². The summed E-state index contributed by atoms with van der Waals surface area (Å²) in [7, 11) is 0. The fraction of sp³-hybridized carbons (Fsp3) is 0.385. The number of nitro benzene ring substituents is 1. The monoisotopic (exact) mass is 505 g/mol. The Kier molecular flexibility index (Phi) is 6.85. The van der Waals surface area contributed by atoms with E-state index in [0.29, 0.717) is 41.5 Å². The van der Waals surface area contributed by atoms with Gasteiger partial charge in [-0.3, -0.25) is 15.1 Å². The Balaban J connectivity index is 1.19. The van der Waals surface area contributed by atoms with Gasteiger partial charge >= 0.3 is 6.09 Å². The largest absolute Gasteiger partial charge is 0.474 e. The minimum Gasteiger partial charge on any atom is -0.474 e. The summed E-state index contributed by atoms with van der Waals surface area (Å²) in [4.78, 5) is 37.9. The number of carbonyl (C=O) groups excluding carboxylic acids is 1. The van der Waals surface area contributed by atoms with E-state index in [4.69, 9.17) is 14.2 Å². The van der Waals surface area contributed by atoms with Crippen LogP contribution in [0.15, 0.2) is 48.9 Å². The third-order valence-electron chi connectivity index (χ3n) is 6.85. The number of aromatic nitrogens is 3. The molecule has 2 fully saturated rings. The molecule has 0 spiro atoms. The predicted octanol–water partition coefficient (Wildman–Crippen LogP) is 4.90. The number of benzene rings is 1. The predicted molar refractivity (Wildman–Crippen MR) is 131 cm³/mol. The van der Waals surface area contributed by atoms with Gasteiger partial charge in [0.05, 0.1) is 16.2 Å². The zero-order valence-corrected chi connectivity index (χ0v) is 20.6. The van der Waals surface area contributed by atoms with Crippen molar-refractivity contribution in [3.63, 3.8) is 0 Å².